The molecule has 1 heterocycles. The average molecular weight is 154 g/mol. The Hall–Kier alpha value is -0.590. The molecule has 0 saturated carbocycles. The SMILES string of the molecule is CN1CCC(OCC#N)CC1. The highest BCUT2D eigenvalue weighted by molar-refractivity contribution is 4.73. The van der Waals surface area contributed by atoms with Crippen LogP contribution in [0.15, 0.2) is 0 Å². The van der Waals surface area contributed by atoms with Crippen LogP contribution in [0, 0.1) is 11.3 Å². The summed E-state index contributed by atoms with van der Waals surface area (Å²) in [5.74, 6) is 0. The van der Waals surface area contributed by atoms with Gasteiger partial charge in [0.1, 0.15) is 6.61 Å². The summed E-state index contributed by atoms with van der Waals surface area (Å²) in [6, 6.07) is 1.99. The van der Waals surface area contributed by atoms with E-state index in [1.165, 1.54) is 0 Å². The molecule has 0 aliphatic carbocycles. The van der Waals surface area contributed by atoms with Gasteiger partial charge in [-0.2, -0.15) is 5.26 Å². The van der Waals surface area contributed by atoms with E-state index < -0.39 is 0 Å². The molecular formula is C8H14N2O. The number of rotatable bonds is 2. The lowest BCUT2D eigenvalue weighted by Crippen LogP contribution is -2.34. The topological polar surface area (TPSA) is 36.3 Å². The number of hydrogen-bond acceptors (Lipinski definition) is 3. The van der Waals surface area contributed by atoms with Crippen LogP contribution >= 0.6 is 0 Å². The molecular weight excluding hydrogens is 140 g/mol. The summed E-state index contributed by atoms with van der Waals surface area (Å²) in [6.45, 7) is 2.43. The first kappa shape index (κ1) is 8.51. The Balaban J connectivity index is 2.13. The van der Waals surface area contributed by atoms with Gasteiger partial charge in [-0.1, -0.05) is 0 Å². The van der Waals surface area contributed by atoms with Crippen molar-refractivity contribution in [3.63, 3.8) is 0 Å². The Kier molecular flexibility index (Phi) is 3.34. The Morgan fingerprint density at radius 3 is 2.73 bits per heavy atom. The van der Waals surface area contributed by atoms with E-state index in [1.807, 2.05) is 6.07 Å². The molecule has 1 rings (SSSR count). The van der Waals surface area contributed by atoms with Crippen LogP contribution in [0.25, 0.3) is 0 Å². The molecule has 1 saturated heterocycles. The minimum atomic E-state index is 0.244. The molecule has 1 aliphatic heterocycles. The quantitative estimate of drug-likeness (QED) is 0.585. The summed E-state index contributed by atoms with van der Waals surface area (Å²) >= 11 is 0. The van der Waals surface area contributed by atoms with Crippen LogP contribution in [-0.4, -0.2) is 37.7 Å². The van der Waals surface area contributed by atoms with Gasteiger partial charge in [-0.25, -0.2) is 0 Å². The van der Waals surface area contributed by atoms with Gasteiger partial charge < -0.3 is 9.64 Å². The van der Waals surface area contributed by atoms with Crippen LogP contribution < -0.4 is 0 Å². The standard InChI is InChI=1S/C8H14N2O/c1-10-5-2-8(3-6-10)11-7-4-9/h8H,2-3,5-7H2,1H3. The van der Waals surface area contributed by atoms with Gasteiger partial charge in [0.15, 0.2) is 0 Å². The fourth-order valence-electron chi connectivity index (χ4n) is 1.31. The Bertz CT molecular complexity index is 145. The maximum atomic E-state index is 8.26. The monoisotopic (exact) mass is 154 g/mol. The maximum absolute atomic E-state index is 8.26. The van der Waals surface area contributed by atoms with Crippen LogP contribution in [0.3, 0.4) is 0 Å². The predicted molar refractivity (Wildman–Crippen MR) is 42.1 cm³/mol. The van der Waals surface area contributed by atoms with Gasteiger partial charge in [-0.05, 0) is 19.9 Å². The zero-order valence-corrected chi connectivity index (χ0v) is 6.92. The summed E-state index contributed by atoms with van der Waals surface area (Å²) in [4.78, 5) is 2.28. The van der Waals surface area contributed by atoms with Crippen molar-refractivity contribution in [1.29, 1.82) is 5.26 Å². The highest BCUT2D eigenvalue weighted by Crippen LogP contribution is 2.11. The molecule has 11 heavy (non-hydrogen) atoms. The molecule has 0 atom stereocenters. The number of likely N-dealkylation sites (tertiary alicyclic amines) is 1. The summed E-state index contributed by atoms with van der Waals surface area (Å²) in [6.07, 6.45) is 2.46. The first-order valence-corrected chi connectivity index (χ1v) is 4.00. The molecule has 0 unspecified atom stereocenters. The van der Waals surface area contributed by atoms with E-state index in [9.17, 15) is 0 Å². The minimum Gasteiger partial charge on any atom is -0.363 e. The second-order valence-electron chi connectivity index (χ2n) is 2.97. The molecule has 0 aromatic rings. The average Bonchev–Trinajstić information content (AvgIpc) is 2.04. The van der Waals surface area contributed by atoms with E-state index in [1.54, 1.807) is 0 Å². The van der Waals surface area contributed by atoms with Crippen LogP contribution in [0.4, 0.5) is 0 Å². The van der Waals surface area contributed by atoms with Gasteiger partial charge in [0, 0.05) is 13.1 Å². The summed E-state index contributed by atoms with van der Waals surface area (Å²) < 4.78 is 5.29. The molecule has 0 spiro atoms. The van der Waals surface area contributed by atoms with E-state index in [-0.39, 0.29) is 6.61 Å². The molecule has 62 valence electrons. The first-order valence-electron chi connectivity index (χ1n) is 4.00. The van der Waals surface area contributed by atoms with Crippen molar-refractivity contribution < 1.29 is 4.74 Å². The number of nitrogens with zero attached hydrogens (tertiary/aromatic N) is 2. The third-order valence-corrected chi connectivity index (χ3v) is 2.05. The van der Waals surface area contributed by atoms with E-state index in [0.717, 1.165) is 25.9 Å². The number of piperidine rings is 1. The Morgan fingerprint density at radius 2 is 2.18 bits per heavy atom. The summed E-state index contributed by atoms with van der Waals surface area (Å²) in [7, 11) is 2.11. The molecule has 3 heteroatoms. The minimum absolute atomic E-state index is 0.244. The third-order valence-electron chi connectivity index (χ3n) is 2.05. The molecule has 1 aliphatic rings. The maximum Gasteiger partial charge on any atom is 0.134 e. The van der Waals surface area contributed by atoms with E-state index in [2.05, 4.69) is 11.9 Å². The molecule has 0 N–H and O–H groups in total. The normalized spacial score (nSPS) is 21.5. The van der Waals surface area contributed by atoms with Gasteiger partial charge >= 0.3 is 0 Å². The van der Waals surface area contributed by atoms with Gasteiger partial charge in [-0.15, -0.1) is 0 Å². The van der Waals surface area contributed by atoms with Gasteiger partial charge in [0.2, 0.25) is 0 Å². The third kappa shape index (κ3) is 2.87. The van der Waals surface area contributed by atoms with Crippen molar-refractivity contribution in [3.05, 3.63) is 0 Å². The molecule has 3 nitrogen and oxygen atoms in total. The predicted octanol–water partition coefficient (Wildman–Crippen LogP) is 0.621. The van der Waals surface area contributed by atoms with Gasteiger partial charge in [0.25, 0.3) is 0 Å². The zero-order chi connectivity index (χ0) is 8.10. The largest absolute Gasteiger partial charge is 0.363 e. The van der Waals surface area contributed by atoms with E-state index in [0.29, 0.717) is 6.10 Å². The molecule has 1 fully saturated rings. The highest BCUT2D eigenvalue weighted by atomic mass is 16.5. The van der Waals surface area contributed by atoms with E-state index >= 15 is 0 Å². The molecule has 0 radical (unpaired) electrons. The lowest BCUT2D eigenvalue weighted by molar-refractivity contribution is 0.0300. The fourth-order valence-corrected chi connectivity index (χ4v) is 1.31. The van der Waals surface area contributed by atoms with Crippen molar-refractivity contribution >= 4 is 0 Å². The molecule has 0 bridgehead atoms. The number of ether oxygens (including phenoxy) is 1. The van der Waals surface area contributed by atoms with Crippen molar-refractivity contribution in [2.24, 2.45) is 0 Å². The lowest BCUT2D eigenvalue weighted by atomic mass is 10.1. The van der Waals surface area contributed by atoms with Crippen LogP contribution in [0.2, 0.25) is 0 Å². The van der Waals surface area contributed by atoms with Gasteiger partial charge in [-0.3, -0.25) is 0 Å². The van der Waals surface area contributed by atoms with Crippen molar-refractivity contribution in [1.82, 2.24) is 4.90 Å². The number of nitriles is 1. The summed E-state index contributed by atoms with van der Waals surface area (Å²) in [5.41, 5.74) is 0. The fraction of sp³-hybridized carbons (Fsp3) is 0.875. The Labute approximate surface area is 67.6 Å². The van der Waals surface area contributed by atoms with Crippen LogP contribution in [-0.2, 0) is 4.74 Å². The zero-order valence-electron chi connectivity index (χ0n) is 6.92. The van der Waals surface area contributed by atoms with Crippen molar-refractivity contribution in [2.75, 3.05) is 26.7 Å². The van der Waals surface area contributed by atoms with Crippen LogP contribution in [0.5, 0.6) is 0 Å². The smallest absolute Gasteiger partial charge is 0.134 e. The summed E-state index contributed by atoms with van der Waals surface area (Å²) in [5, 5.41) is 8.26. The van der Waals surface area contributed by atoms with E-state index in [4.69, 9.17) is 10.00 Å². The molecule has 0 amide bonds. The first-order chi connectivity index (χ1) is 5.33. The number of hydrogen-bond donors (Lipinski definition) is 0. The molecule has 0 aromatic heterocycles. The van der Waals surface area contributed by atoms with Crippen LogP contribution in [0.1, 0.15) is 12.8 Å². The molecule has 0 aromatic carbocycles. The second kappa shape index (κ2) is 4.32. The Morgan fingerprint density at radius 1 is 1.55 bits per heavy atom. The highest BCUT2D eigenvalue weighted by Gasteiger charge is 2.16. The lowest BCUT2D eigenvalue weighted by Gasteiger charge is -2.28. The van der Waals surface area contributed by atoms with Crippen molar-refractivity contribution in [2.45, 2.75) is 18.9 Å². The van der Waals surface area contributed by atoms with Crippen molar-refractivity contribution in [3.8, 4) is 6.07 Å². The second-order valence-corrected chi connectivity index (χ2v) is 2.97. The van der Waals surface area contributed by atoms with Gasteiger partial charge in [0.05, 0.1) is 12.2 Å².